The molecule has 0 atom stereocenters. The standard InChI is InChI=1S/C22H29BrN2O2/c1-22(2,3)18-10-11-20(19(23)16-18)27-15-7-13-24-21(26)25-14-12-17-8-5-4-6-9-17/h4-6,8-11,16H,7,12-15H2,1-3H3,(H2,24,25,26). The second-order valence-electron chi connectivity index (χ2n) is 7.52. The smallest absolute Gasteiger partial charge is 0.314 e. The highest BCUT2D eigenvalue weighted by Crippen LogP contribution is 2.31. The van der Waals surface area contributed by atoms with Gasteiger partial charge < -0.3 is 15.4 Å². The van der Waals surface area contributed by atoms with Crippen LogP contribution in [0.15, 0.2) is 53.0 Å². The van der Waals surface area contributed by atoms with Gasteiger partial charge in [0.15, 0.2) is 0 Å². The average molecular weight is 433 g/mol. The number of rotatable bonds is 8. The Morgan fingerprint density at radius 3 is 2.41 bits per heavy atom. The Morgan fingerprint density at radius 1 is 1.04 bits per heavy atom. The molecule has 0 bridgehead atoms. The zero-order valence-corrected chi connectivity index (χ0v) is 17.9. The molecular formula is C22H29BrN2O2. The third-order valence-corrected chi connectivity index (χ3v) is 4.82. The first kappa shape index (κ1) is 21.3. The van der Waals surface area contributed by atoms with Crippen LogP contribution in [0.5, 0.6) is 5.75 Å². The highest BCUT2D eigenvalue weighted by Gasteiger charge is 2.15. The van der Waals surface area contributed by atoms with Gasteiger partial charge in [0.1, 0.15) is 5.75 Å². The Kier molecular flexibility index (Phi) is 8.17. The normalized spacial score (nSPS) is 11.1. The van der Waals surface area contributed by atoms with E-state index in [2.05, 4.69) is 71.6 Å². The average Bonchev–Trinajstić information content (AvgIpc) is 2.62. The van der Waals surface area contributed by atoms with Crippen molar-refractivity contribution in [1.29, 1.82) is 0 Å². The molecule has 0 heterocycles. The van der Waals surface area contributed by atoms with Crippen molar-refractivity contribution in [2.75, 3.05) is 19.7 Å². The summed E-state index contributed by atoms with van der Waals surface area (Å²) < 4.78 is 6.77. The molecule has 2 aromatic carbocycles. The van der Waals surface area contributed by atoms with E-state index in [4.69, 9.17) is 4.74 Å². The molecule has 0 aliphatic rings. The van der Waals surface area contributed by atoms with Crippen LogP contribution in [-0.2, 0) is 11.8 Å². The minimum absolute atomic E-state index is 0.110. The van der Waals surface area contributed by atoms with Crippen LogP contribution in [0.3, 0.4) is 0 Å². The molecular weight excluding hydrogens is 404 g/mol. The number of carbonyl (C=O) groups is 1. The first-order valence-corrected chi connectivity index (χ1v) is 10.1. The van der Waals surface area contributed by atoms with Gasteiger partial charge in [-0.05, 0) is 57.4 Å². The van der Waals surface area contributed by atoms with Gasteiger partial charge >= 0.3 is 6.03 Å². The molecule has 0 spiro atoms. The van der Waals surface area contributed by atoms with Crippen LogP contribution in [0, 0.1) is 0 Å². The predicted octanol–water partition coefficient (Wildman–Crippen LogP) is 5.06. The Labute approximate surface area is 170 Å². The third kappa shape index (κ3) is 7.63. The minimum Gasteiger partial charge on any atom is -0.492 e. The summed E-state index contributed by atoms with van der Waals surface area (Å²) in [4.78, 5) is 11.8. The van der Waals surface area contributed by atoms with E-state index in [-0.39, 0.29) is 11.4 Å². The van der Waals surface area contributed by atoms with Crippen molar-refractivity contribution in [3.05, 3.63) is 64.1 Å². The van der Waals surface area contributed by atoms with Gasteiger partial charge in [0, 0.05) is 13.1 Å². The SMILES string of the molecule is CC(C)(C)c1ccc(OCCCNC(=O)NCCc2ccccc2)c(Br)c1. The summed E-state index contributed by atoms with van der Waals surface area (Å²) >= 11 is 3.57. The molecule has 4 nitrogen and oxygen atoms in total. The highest BCUT2D eigenvalue weighted by molar-refractivity contribution is 9.10. The fraction of sp³-hybridized carbons (Fsp3) is 0.409. The van der Waals surface area contributed by atoms with E-state index < -0.39 is 0 Å². The van der Waals surface area contributed by atoms with Gasteiger partial charge in [0.25, 0.3) is 0 Å². The number of halogens is 1. The number of hydrogen-bond donors (Lipinski definition) is 2. The molecule has 5 heteroatoms. The molecule has 2 N–H and O–H groups in total. The lowest BCUT2D eigenvalue weighted by molar-refractivity contribution is 0.239. The van der Waals surface area contributed by atoms with Gasteiger partial charge in [-0.15, -0.1) is 0 Å². The van der Waals surface area contributed by atoms with E-state index in [9.17, 15) is 4.79 Å². The molecule has 2 rings (SSSR count). The maximum Gasteiger partial charge on any atom is 0.314 e. The van der Waals surface area contributed by atoms with Gasteiger partial charge in [0.05, 0.1) is 11.1 Å². The highest BCUT2D eigenvalue weighted by atomic mass is 79.9. The summed E-state index contributed by atoms with van der Waals surface area (Å²) in [5.74, 6) is 0.829. The predicted molar refractivity (Wildman–Crippen MR) is 115 cm³/mol. The topological polar surface area (TPSA) is 50.4 Å². The third-order valence-electron chi connectivity index (χ3n) is 4.20. The number of amides is 2. The summed E-state index contributed by atoms with van der Waals surface area (Å²) in [6, 6.07) is 16.2. The van der Waals surface area contributed by atoms with E-state index in [1.54, 1.807) is 0 Å². The van der Waals surface area contributed by atoms with Gasteiger partial charge in [0.2, 0.25) is 0 Å². The Morgan fingerprint density at radius 2 is 1.74 bits per heavy atom. The Hall–Kier alpha value is -2.01. The second kappa shape index (κ2) is 10.4. The van der Waals surface area contributed by atoms with Crippen LogP contribution in [0.4, 0.5) is 4.79 Å². The Balaban J connectivity index is 1.61. The zero-order chi connectivity index (χ0) is 19.7. The van der Waals surface area contributed by atoms with Crippen LogP contribution in [-0.4, -0.2) is 25.7 Å². The monoisotopic (exact) mass is 432 g/mol. The van der Waals surface area contributed by atoms with Crippen LogP contribution in [0.2, 0.25) is 0 Å². The number of benzene rings is 2. The number of urea groups is 1. The van der Waals surface area contributed by atoms with Crippen LogP contribution in [0.25, 0.3) is 0 Å². The molecule has 0 unspecified atom stereocenters. The van der Waals surface area contributed by atoms with Crippen molar-refractivity contribution < 1.29 is 9.53 Å². The van der Waals surface area contributed by atoms with Gasteiger partial charge in [-0.1, -0.05) is 57.2 Å². The maximum atomic E-state index is 11.8. The zero-order valence-electron chi connectivity index (χ0n) is 16.3. The largest absolute Gasteiger partial charge is 0.492 e. The van der Waals surface area contributed by atoms with Crippen molar-refractivity contribution in [1.82, 2.24) is 10.6 Å². The molecule has 0 aromatic heterocycles. The fourth-order valence-corrected chi connectivity index (χ4v) is 3.06. The lowest BCUT2D eigenvalue weighted by Crippen LogP contribution is -2.37. The van der Waals surface area contributed by atoms with Crippen LogP contribution >= 0.6 is 15.9 Å². The first-order valence-electron chi connectivity index (χ1n) is 9.35. The van der Waals surface area contributed by atoms with Crippen molar-refractivity contribution in [3.8, 4) is 5.75 Å². The van der Waals surface area contributed by atoms with Crippen molar-refractivity contribution in [2.24, 2.45) is 0 Å². The van der Waals surface area contributed by atoms with Crippen molar-refractivity contribution >= 4 is 22.0 Å². The lowest BCUT2D eigenvalue weighted by Gasteiger charge is -2.20. The minimum atomic E-state index is -0.137. The van der Waals surface area contributed by atoms with Gasteiger partial charge in [-0.3, -0.25) is 0 Å². The molecule has 0 radical (unpaired) electrons. The molecule has 2 amide bonds. The summed E-state index contributed by atoms with van der Waals surface area (Å²) in [7, 11) is 0. The quantitative estimate of drug-likeness (QED) is 0.572. The van der Waals surface area contributed by atoms with E-state index in [0.717, 1.165) is 23.1 Å². The van der Waals surface area contributed by atoms with Gasteiger partial charge in [-0.2, -0.15) is 0 Å². The fourth-order valence-electron chi connectivity index (χ4n) is 2.57. The summed E-state index contributed by atoms with van der Waals surface area (Å²) in [6.45, 7) is 8.32. The van der Waals surface area contributed by atoms with E-state index in [0.29, 0.717) is 19.7 Å². The van der Waals surface area contributed by atoms with Crippen LogP contribution in [0.1, 0.15) is 38.3 Å². The van der Waals surface area contributed by atoms with E-state index >= 15 is 0 Å². The molecule has 2 aromatic rings. The molecule has 0 aliphatic heterocycles. The summed E-state index contributed by atoms with van der Waals surface area (Å²) in [5.41, 5.74) is 2.59. The second-order valence-corrected chi connectivity index (χ2v) is 8.37. The molecule has 146 valence electrons. The van der Waals surface area contributed by atoms with Gasteiger partial charge in [-0.25, -0.2) is 4.79 Å². The van der Waals surface area contributed by atoms with E-state index in [1.165, 1.54) is 11.1 Å². The molecule has 0 aliphatic carbocycles. The number of ether oxygens (including phenoxy) is 1. The molecule has 27 heavy (non-hydrogen) atoms. The number of nitrogens with one attached hydrogen (secondary N) is 2. The van der Waals surface area contributed by atoms with Crippen LogP contribution < -0.4 is 15.4 Å². The summed E-state index contributed by atoms with van der Waals surface area (Å²) in [6.07, 6.45) is 1.58. The maximum absolute atomic E-state index is 11.8. The number of hydrogen-bond acceptors (Lipinski definition) is 2. The van der Waals surface area contributed by atoms with Crippen molar-refractivity contribution in [2.45, 2.75) is 39.0 Å². The lowest BCUT2D eigenvalue weighted by atomic mass is 9.87. The molecule has 0 saturated carbocycles. The molecule has 0 saturated heterocycles. The van der Waals surface area contributed by atoms with E-state index in [1.807, 2.05) is 24.3 Å². The number of carbonyl (C=O) groups excluding carboxylic acids is 1. The van der Waals surface area contributed by atoms with Crippen molar-refractivity contribution in [3.63, 3.8) is 0 Å². The first-order chi connectivity index (χ1) is 12.9. The Bertz CT molecular complexity index is 727. The molecule has 0 fully saturated rings. The summed E-state index contributed by atoms with van der Waals surface area (Å²) in [5, 5.41) is 5.73.